The zero-order valence-corrected chi connectivity index (χ0v) is 17.3. The Hall–Kier alpha value is -4.27. The molecule has 5 rings (SSSR count). The first-order valence-electron chi connectivity index (χ1n) is 10.2. The molecule has 3 aromatic heterocycles. The topological polar surface area (TPSA) is 112 Å². The van der Waals surface area contributed by atoms with Gasteiger partial charge >= 0.3 is 5.76 Å². The summed E-state index contributed by atoms with van der Waals surface area (Å²) in [7, 11) is 0. The van der Waals surface area contributed by atoms with Gasteiger partial charge in [0.25, 0.3) is 5.56 Å². The Morgan fingerprint density at radius 3 is 2.69 bits per heavy atom. The van der Waals surface area contributed by atoms with Crippen LogP contribution in [-0.4, -0.2) is 29.3 Å². The highest BCUT2D eigenvalue weighted by molar-refractivity contribution is 5.69. The van der Waals surface area contributed by atoms with Crippen molar-refractivity contribution < 1.29 is 4.42 Å². The molecule has 160 valence electrons. The number of aromatic amines is 1. The summed E-state index contributed by atoms with van der Waals surface area (Å²) >= 11 is 0. The lowest BCUT2D eigenvalue weighted by Crippen LogP contribution is -2.17. The van der Waals surface area contributed by atoms with Crippen LogP contribution in [0.4, 0.5) is 0 Å². The fourth-order valence-electron chi connectivity index (χ4n) is 3.70. The number of aromatic nitrogens is 6. The van der Waals surface area contributed by atoms with Gasteiger partial charge in [-0.1, -0.05) is 54.6 Å². The quantitative estimate of drug-likeness (QED) is 0.445. The summed E-state index contributed by atoms with van der Waals surface area (Å²) < 4.78 is 8.29. The van der Waals surface area contributed by atoms with Gasteiger partial charge in [0.05, 0.1) is 19.2 Å². The van der Waals surface area contributed by atoms with Gasteiger partial charge < -0.3 is 14.0 Å². The first kappa shape index (κ1) is 19.7. The number of nitrogens with zero attached hydrogens (tertiary/aromatic N) is 5. The summed E-state index contributed by atoms with van der Waals surface area (Å²) in [6, 6.07) is 17.8. The van der Waals surface area contributed by atoms with E-state index in [2.05, 4.69) is 44.3 Å². The molecule has 2 aromatic carbocycles. The fourth-order valence-corrected chi connectivity index (χ4v) is 3.70. The lowest BCUT2D eigenvalue weighted by atomic mass is 10.0. The average molecular weight is 428 g/mol. The maximum atomic E-state index is 12.4. The second-order valence-electron chi connectivity index (χ2n) is 7.48. The maximum absolute atomic E-state index is 12.4. The van der Waals surface area contributed by atoms with Gasteiger partial charge in [0.15, 0.2) is 11.2 Å². The third kappa shape index (κ3) is 3.64. The molecule has 0 radical (unpaired) electrons. The molecule has 5 aromatic rings. The van der Waals surface area contributed by atoms with Gasteiger partial charge in [-0.25, -0.2) is 14.8 Å². The van der Waals surface area contributed by atoms with Crippen molar-refractivity contribution in [3.05, 3.63) is 99.6 Å². The SMILES string of the molecule is CC(c1nn(CCc2cccc(-c3ccccc3)c2)c(=O)o1)n1cnc2nc[nH]c(=O)c21. The van der Waals surface area contributed by atoms with Crippen LogP contribution in [0.1, 0.15) is 24.4 Å². The molecule has 0 aliphatic carbocycles. The molecule has 9 nitrogen and oxygen atoms in total. The molecule has 0 fully saturated rings. The smallest absolute Gasteiger partial charge is 0.390 e. The molecule has 1 atom stereocenters. The molecule has 1 N–H and O–H groups in total. The molecule has 0 bridgehead atoms. The second kappa shape index (κ2) is 8.10. The average Bonchev–Trinajstić information content (AvgIpc) is 3.42. The molecule has 1 unspecified atom stereocenters. The molecular weight excluding hydrogens is 408 g/mol. The first-order valence-corrected chi connectivity index (χ1v) is 10.2. The van der Waals surface area contributed by atoms with Gasteiger partial charge in [-0.2, -0.15) is 4.68 Å². The lowest BCUT2D eigenvalue weighted by Gasteiger charge is -2.08. The lowest BCUT2D eigenvalue weighted by molar-refractivity contribution is 0.407. The standard InChI is InChI=1S/C23H20N6O3/c1-15(28-14-26-20-19(28)21(30)25-13-24-20)22-27-29(23(31)32-22)11-10-16-6-5-9-18(12-16)17-7-3-2-4-8-17/h2-9,12-15H,10-11H2,1H3,(H,24,25,30). The molecule has 0 saturated carbocycles. The third-order valence-corrected chi connectivity index (χ3v) is 5.41. The number of hydrogen-bond donors (Lipinski definition) is 1. The van der Waals surface area contributed by atoms with Crippen molar-refractivity contribution in [1.82, 2.24) is 29.3 Å². The van der Waals surface area contributed by atoms with Gasteiger partial charge in [-0.15, -0.1) is 5.10 Å². The van der Waals surface area contributed by atoms with E-state index in [9.17, 15) is 9.59 Å². The molecular formula is C23H20N6O3. The van der Waals surface area contributed by atoms with E-state index >= 15 is 0 Å². The summed E-state index contributed by atoms with van der Waals surface area (Å²) in [5.74, 6) is -0.335. The molecule has 3 heterocycles. The fraction of sp³-hybridized carbons (Fsp3) is 0.174. The number of fused-ring (bicyclic) bond motifs is 1. The van der Waals surface area contributed by atoms with Crippen LogP contribution in [0, 0.1) is 0 Å². The molecule has 32 heavy (non-hydrogen) atoms. The number of rotatable bonds is 6. The summed E-state index contributed by atoms with van der Waals surface area (Å²) in [4.78, 5) is 35.3. The highest BCUT2D eigenvalue weighted by Crippen LogP contribution is 2.21. The van der Waals surface area contributed by atoms with Crippen LogP contribution < -0.4 is 11.3 Å². The van der Waals surface area contributed by atoms with Gasteiger partial charge in [0, 0.05) is 0 Å². The van der Waals surface area contributed by atoms with Crippen molar-refractivity contribution in [3.8, 4) is 11.1 Å². The number of imidazole rings is 1. The number of H-pyrrole nitrogens is 1. The summed E-state index contributed by atoms with van der Waals surface area (Å²) in [5, 5.41) is 4.35. The zero-order valence-electron chi connectivity index (χ0n) is 17.3. The van der Waals surface area contributed by atoms with Crippen molar-refractivity contribution in [2.45, 2.75) is 25.9 Å². The minimum atomic E-state index is -0.539. The minimum absolute atomic E-state index is 0.204. The third-order valence-electron chi connectivity index (χ3n) is 5.41. The number of aryl methyl sites for hydroxylation is 2. The predicted octanol–water partition coefficient (Wildman–Crippen LogP) is 2.79. The second-order valence-corrected chi connectivity index (χ2v) is 7.48. The normalized spacial score (nSPS) is 12.3. The van der Waals surface area contributed by atoms with Crippen LogP contribution in [0.15, 0.2) is 81.3 Å². The predicted molar refractivity (Wildman–Crippen MR) is 118 cm³/mol. The van der Waals surface area contributed by atoms with E-state index in [1.54, 1.807) is 11.5 Å². The van der Waals surface area contributed by atoms with Crippen LogP contribution in [0.25, 0.3) is 22.3 Å². The van der Waals surface area contributed by atoms with Crippen LogP contribution in [-0.2, 0) is 13.0 Å². The molecule has 0 amide bonds. The Kier molecular flexibility index (Phi) is 4.98. The zero-order chi connectivity index (χ0) is 22.1. The van der Waals surface area contributed by atoms with E-state index in [4.69, 9.17) is 4.42 Å². The monoisotopic (exact) mass is 428 g/mol. The first-order chi connectivity index (χ1) is 15.6. The number of hydrogen-bond acceptors (Lipinski definition) is 6. The van der Waals surface area contributed by atoms with E-state index in [0.717, 1.165) is 16.7 Å². The number of nitrogens with one attached hydrogen (secondary N) is 1. The minimum Gasteiger partial charge on any atom is -0.390 e. The van der Waals surface area contributed by atoms with E-state index < -0.39 is 11.8 Å². The van der Waals surface area contributed by atoms with Crippen molar-refractivity contribution in [2.75, 3.05) is 0 Å². The van der Waals surface area contributed by atoms with Crippen molar-refractivity contribution in [1.29, 1.82) is 0 Å². The molecule has 0 saturated heterocycles. The van der Waals surface area contributed by atoms with E-state index in [1.165, 1.54) is 17.3 Å². The van der Waals surface area contributed by atoms with Crippen molar-refractivity contribution >= 4 is 11.2 Å². The molecule has 0 aliphatic rings. The van der Waals surface area contributed by atoms with Gasteiger partial charge in [-0.3, -0.25) is 4.79 Å². The Balaban J connectivity index is 1.36. The summed E-state index contributed by atoms with van der Waals surface area (Å²) in [5.41, 5.74) is 3.65. The molecule has 9 heteroatoms. The van der Waals surface area contributed by atoms with Crippen LogP contribution >= 0.6 is 0 Å². The van der Waals surface area contributed by atoms with Crippen LogP contribution in [0.3, 0.4) is 0 Å². The number of benzene rings is 2. The summed E-state index contributed by atoms with van der Waals surface area (Å²) in [6.45, 7) is 2.16. The Morgan fingerprint density at radius 2 is 1.84 bits per heavy atom. The van der Waals surface area contributed by atoms with E-state index in [0.29, 0.717) is 24.1 Å². The highest BCUT2D eigenvalue weighted by atomic mass is 16.4. The van der Waals surface area contributed by atoms with Crippen molar-refractivity contribution in [3.63, 3.8) is 0 Å². The maximum Gasteiger partial charge on any atom is 0.437 e. The van der Waals surface area contributed by atoms with E-state index in [-0.39, 0.29) is 11.4 Å². The molecule has 0 aliphatic heterocycles. The van der Waals surface area contributed by atoms with Crippen LogP contribution in [0.2, 0.25) is 0 Å². The van der Waals surface area contributed by atoms with Gasteiger partial charge in [-0.05, 0) is 30.0 Å². The van der Waals surface area contributed by atoms with Crippen molar-refractivity contribution in [2.24, 2.45) is 0 Å². The van der Waals surface area contributed by atoms with E-state index in [1.807, 2.05) is 30.3 Å². The van der Waals surface area contributed by atoms with Crippen LogP contribution in [0.5, 0.6) is 0 Å². The van der Waals surface area contributed by atoms with Gasteiger partial charge in [0.2, 0.25) is 5.89 Å². The van der Waals surface area contributed by atoms with Gasteiger partial charge in [0.1, 0.15) is 6.04 Å². The Morgan fingerprint density at radius 1 is 1.03 bits per heavy atom. The Bertz CT molecular complexity index is 1500. The Labute approximate surface area is 182 Å². The highest BCUT2D eigenvalue weighted by Gasteiger charge is 2.20. The largest absolute Gasteiger partial charge is 0.437 e. The molecule has 0 spiro atoms. The summed E-state index contributed by atoms with van der Waals surface area (Å²) in [6.07, 6.45) is 3.42.